The molecule has 0 aliphatic carbocycles. The zero-order chi connectivity index (χ0) is 24.4. The Kier molecular flexibility index (Phi) is 5.09. The van der Waals surface area contributed by atoms with Gasteiger partial charge in [-0.15, -0.1) is 0 Å². The number of carbonyl (C=O) groups excluding carboxylic acids is 3. The van der Waals surface area contributed by atoms with Crippen molar-refractivity contribution in [2.24, 2.45) is 11.8 Å². The Labute approximate surface area is 212 Å². The minimum absolute atomic E-state index is 0.219. The first-order valence-electron chi connectivity index (χ1n) is 11.3. The number of fused-ring (bicyclic) bond motifs is 5. The molecule has 2 amide bonds. The molecule has 3 aromatic rings. The van der Waals surface area contributed by atoms with Gasteiger partial charge < -0.3 is 4.90 Å². The first-order valence-corrected chi connectivity index (χ1v) is 12.1. The summed E-state index contributed by atoms with van der Waals surface area (Å²) in [5, 5.41) is 0.634. The highest BCUT2D eigenvalue weighted by molar-refractivity contribution is 6.37. The molecule has 2 saturated heterocycles. The molecule has 6 rings (SSSR count). The summed E-state index contributed by atoms with van der Waals surface area (Å²) in [6, 6.07) is 18.4. The lowest BCUT2D eigenvalue weighted by molar-refractivity contribution is -0.123. The highest BCUT2D eigenvalue weighted by Gasteiger charge is 2.64. The average Bonchev–Trinajstić information content (AvgIpc) is 3.32. The molecule has 4 atom stereocenters. The Morgan fingerprint density at radius 3 is 2.34 bits per heavy atom. The lowest BCUT2D eigenvalue weighted by atomic mass is 9.83. The van der Waals surface area contributed by atoms with Crippen LogP contribution in [0.5, 0.6) is 0 Å². The van der Waals surface area contributed by atoms with E-state index in [9.17, 15) is 14.4 Å². The number of halogens is 2. The maximum atomic E-state index is 13.9. The number of benzene rings is 3. The Morgan fingerprint density at radius 2 is 1.60 bits per heavy atom. The second-order valence-electron chi connectivity index (χ2n) is 9.17. The molecule has 5 nitrogen and oxygen atoms in total. The molecule has 174 valence electrons. The van der Waals surface area contributed by atoms with Crippen molar-refractivity contribution in [2.75, 3.05) is 4.90 Å². The van der Waals surface area contributed by atoms with Crippen LogP contribution >= 0.6 is 23.2 Å². The normalized spacial score (nSPS) is 24.4. The lowest BCUT2D eigenvalue weighted by Gasteiger charge is -2.35. The monoisotopic (exact) mass is 502 g/mol. The molecule has 2 fully saturated rings. The van der Waals surface area contributed by atoms with Gasteiger partial charge in [0.15, 0.2) is 5.78 Å². The van der Waals surface area contributed by atoms with Crippen molar-refractivity contribution in [3.63, 3.8) is 0 Å². The van der Waals surface area contributed by atoms with E-state index in [0.717, 1.165) is 16.7 Å². The van der Waals surface area contributed by atoms with Crippen molar-refractivity contribution in [1.82, 2.24) is 4.90 Å². The molecule has 0 aromatic heterocycles. The van der Waals surface area contributed by atoms with Crippen LogP contribution in [0, 0.1) is 18.8 Å². The number of amides is 2. The van der Waals surface area contributed by atoms with Crippen LogP contribution in [0.3, 0.4) is 0 Å². The Bertz CT molecular complexity index is 1430. The number of nitrogens with zero attached hydrogens (tertiary/aromatic N) is 2. The maximum Gasteiger partial charge on any atom is 0.240 e. The third-order valence-corrected chi connectivity index (χ3v) is 7.77. The molecule has 7 heteroatoms. The molecular weight excluding hydrogens is 483 g/mol. The number of ketones is 1. The van der Waals surface area contributed by atoms with Crippen LogP contribution in [0.25, 0.3) is 6.08 Å². The number of imide groups is 1. The van der Waals surface area contributed by atoms with Gasteiger partial charge in [0.25, 0.3) is 0 Å². The minimum atomic E-state index is -0.875. The second kappa shape index (κ2) is 8.08. The van der Waals surface area contributed by atoms with Gasteiger partial charge in [-0.25, -0.2) is 4.90 Å². The molecule has 0 radical (unpaired) electrons. The van der Waals surface area contributed by atoms with Crippen molar-refractivity contribution in [3.8, 4) is 0 Å². The lowest BCUT2D eigenvalue weighted by Crippen LogP contribution is -2.44. The first kappa shape index (κ1) is 22.1. The zero-order valence-electron chi connectivity index (χ0n) is 18.7. The van der Waals surface area contributed by atoms with E-state index >= 15 is 0 Å². The quantitative estimate of drug-likeness (QED) is 0.340. The third-order valence-electron chi connectivity index (χ3n) is 7.22. The highest BCUT2D eigenvalue weighted by Crippen LogP contribution is 2.53. The van der Waals surface area contributed by atoms with Crippen molar-refractivity contribution in [3.05, 3.63) is 105 Å². The van der Waals surface area contributed by atoms with Gasteiger partial charge in [0.2, 0.25) is 11.8 Å². The fourth-order valence-electron chi connectivity index (χ4n) is 5.65. The van der Waals surface area contributed by atoms with Gasteiger partial charge in [0.05, 0.1) is 28.6 Å². The topological polar surface area (TPSA) is 57.7 Å². The molecule has 0 spiro atoms. The number of carbonyl (C=O) groups is 3. The average molecular weight is 503 g/mol. The standard InChI is InChI=1S/C28H20Cl2N2O3/c1-15-6-9-18(10-7-15)32-27(34)22-23(28(32)35)25(26(33)20-11-8-17(29)14-21(20)30)31-13-12-16-4-2-3-5-19(16)24(22)31/h2-14,22-25H,1H3/t22-,23+,24-,25-/m0/s1. The van der Waals surface area contributed by atoms with Crippen LogP contribution in [-0.4, -0.2) is 28.5 Å². The predicted octanol–water partition coefficient (Wildman–Crippen LogP) is 5.70. The van der Waals surface area contributed by atoms with Crippen molar-refractivity contribution in [1.29, 1.82) is 0 Å². The van der Waals surface area contributed by atoms with Gasteiger partial charge in [-0.3, -0.25) is 14.4 Å². The highest BCUT2D eigenvalue weighted by atomic mass is 35.5. The van der Waals surface area contributed by atoms with Gasteiger partial charge in [-0.1, -0.05) is 65.2 Å². The third kappa shape index (κ3) is 3.26. The van der Waals surface area contributed by atoms with Crippen LogP contribution in [0.4, 0.5) is 5.69 Å². The van der Waals surface area contributed by atoms with E-state index in [1.165, 1.54) is 11.0 Å². The van der Waals surface area contributed by atoms with Crippen LogP contribution in [0.1, 0.15) is 33.1 Å². The fourth-order valence-corrected chi connectivity index (χ4v) is 6.16. The summed E-state index contributed by atoms with van der Waals surface area (Å²) in [6.45, 7) is 1.94. The van der Waals surface area contributed by atoms with E-state index in [4.69, 9.17) is 23.2 Å². The predicted molar refractivity (Wildman–Crippen MR) is 135 cm³/mol. The summed E-state index contributed by atoms with van der Waals surface area (Å²) in [5.74, 6) is -2.51. The molecule has 3 heterocycles. The first-order chi connectivity index (χ1) is 16.9. The van der Waals surface area contributed by atoms with Crippen molar-refractivity contribution in [2.45, 2.75) is 19.0 Å². The van der Waals surface area contributed by atoms with Crippen molar-refractivity contribution < 1.29 is 14.4 Å². The van der Waals surface area contributed by atoms with Gasteiger partial charge in [-0.05, 0) is 54.5 Å². The SMILES string of the molecule is Cc1ccc(N2C(=O)[C@@H]3[C@H](C2=O)[C@@H]2c4ccccc4C=CN2[C@@H]3C(=O)c2ccc(Cl)cc2Cl)cc1. The maximum absolute atomic E-state index is 13.9. The number of hydrogen-bond acceptors (Lipinski definition) is 4. The molecule has 0 unspecified atom stereocenters. The van der Waals surface area contributed by atoms with Crippen molar-refractivity contribution >= 4 is 52.6 Å². The number of hydrogen-bond donors (Lipinski definition) is 0. The molecular formula is C28H20Cl2N2O3. The summed E-state index contributed by atoms with van der Waals surface area (Å²) < 4.78 is 0. The largest absolute Gasteiger partial charge is 0.358 e. The molecule has 3 aliphatic heterocycles. The molecule has 3 aliphatic rings. The van der Waals surface area contributed by atoms with Crippen LogP contribution in [0.15, 0.2) is 72.9 Å². The summed E-state index contributed by atoms with van der Waals surface area (Å²) in [6.07, 6.45) is 3.75. The van der Waals surface area contributed by atoms with E-state index in [2.05, 4.69) is 0 Å². The summed E-state index contributed by atoms with van der Waals surface area (Å²) >= 11 is 12.5. The van der Waals surface area contributed by atoms with E-state index in [1.807, 2.05) is 60.5 Å². The van der Waals surface area contributed by atoms with Gasteiger partial charge in [0.1, 0.15) is 6.04 Å². The van der Waals surface area contributed by atoms with E-state index < -0.39 is 23.9 Å². The van der Waals surface area contributed by atoms with Crippen LogP contribution in [0.2, 0.25) is 10.0 Å². The molecule has 0 bridgehead atoms. The summed E-state index contributed by atoms with van der Waals surface area (Å²) in [7, 11) is 0. The Morgan fingerprint density at radius 1 is 0.886 bits per heavy atom. The van der Waals surface area contributed by atoms with E-state index in [-0.39, 0.29) is 28.2 Å². The number of aryl methyl sites for hydroxylation is 1. The number of Topliss-reactive ketones (excluding diaryl/α,β-unsaturated/α-hetero) is 1. The van der Waals surface area contributed by atoms with Crippen LogP contribution < -0.4 is 4.90 Å². The molecule has 0 saturated carbocycles. The van der Waals surface area contributed by atoms with E-state index in [0.29, 0.717) is 10.7 Å². The van der Waals surface area contributed by atoms with Gasteiger partial charge >= 0.3 is 0 Å². The Balaban J connectivity index is 1.50. The Hall–Kier alpha value is -3.41. The summed E-state index contributed by atoms with van der Waals surface area (Å²) in [4.78, 5) is 44.8. The smallest absolute Gasteiger partial charge is 0.240 e. The minimum Gasteiger partial charge on any atom is -0.358 e. The number of anilines is 1. The van der Waals surface area contributed by atoms with Gasteiger partial charge in [-0.2, -0.15) is 0 Å². The van der Waals surface area contributed by atoms with Gasteiger partial charge in [0, 0.05) is 16.8 Å². The second-order valence-corrected chi connectivity index (χ2v) is 10.0. The van der Waals surface area contributed by atoms with Crippen LogP contribution in [-0.2, 0) is 9.59 Å². The molecule has 35 heavy (non-hydrogen) atoms. The fraction of sp³-hybridized carbons (Fsp3) is 0.179. The molecule has 0 N–H and O–H groups in total. The number of rotatable bonds is 3. The summed E-state index contributed by atoms with van der Waals surface area (Å²) in [5.41, 5.74) is 3.72. The molecule has 3 aromatic carbocycles. The zero-order valence-corrected chi connectivity index (χ0v) is 20.2. The van der Waals surface area contributed by atoms with E-state index in [1.54, 1.807) is 24.3 Å².